The molecule has 0 aromatic heterocycles. The number of nitrogens with one attached hydrogen (secondary N) is 1. The fraction of sp³-hybridized carbons (Fsp3) is 0.933. The van der Waals surface area contributed by atoms with Crippen molar-refractivity contribution in [3.05, 3.63) is 12.7 Å². The second-order valence-electron chi connectivity index (χ2n) is 13.8. The summed E-state index contributed by atoms with van der Waals surface area (Å²) in [6.45, 7) is 16.0. The highest BCUT2D eigenvalue weighted by Gasteiger charge is 2.68. The van der Waals surface area contributed by atoms with Gasteiger partial charge in [-0.2, -0.15) is 0 Å². The van der Waals surface area contributed by atoms with Gasteiger partial charge in [0.2, 0.25) is 0 Å². The summed E-state index contributed by atoms with van der Waals surface area (Å²) in [5.41, 5.74) is 0.984. The summed E-state index contributed by atoms with van der Waals surface area (Å²) in [6, 6.07) is 0. The highest BCUT2D eigenvalue weighted by molar-refractivity contribution is 5.16. The predicted molar refractivity (Wildman–Crippen MR) is 134 cm³/mol. The molecule has 186 valence electrons. The van der Waals surface area contributed by atoms with Gasteiger partial charge in [-0.1, -0.05) is 33.8 Å². The highest BCUT2D eigenvalue weighted by Crippen LogP contribution is 2.71. The average molecular weight is 456 g/mol. The molecule has 4 aliphatic carbocycles. The monoisotopic (exact) mass is 455 g/mol. The molecular formula is C30H49NO2. The van der Waals surface area contributed by atoms with E-state index in [1.165, 1.54) is 64.2 Å². The van der Waals surface area contributed by atoms with Gasteiger partial charge in [-0.3, -0.25) is 5.32 Å². The van der Waals surface area contributed by atoms with Crippen LogP contribution < -0.4 is 5.32 Å². The van der Waals surface area contributed by atoms with Gasteiger partial charge in [-0.25, -0.2) is 0 Å². The van der Waals surface area contributed by atoms with Gasteiger partial charge < -0.3 is 9.47 Å². The molecule has 0 amide bonds. The molecule has 0 radical (unpaired) electrons. The summed E-state index contributed by atoms with van der Waals surface area (Å²) in [5, 5.41) is 3.91. The van der Waals surface area contributed by atoms with Gasteiger partial charge in [0.15, 0.2) is 0 Å². The maximum atomic E-state index is 7.06. The average Bonchev–Trinajstić information content (AvgIpc) is 3.24. The Balaban J connectivity index is 1.20. The molecule has 0 unspecified atom stereocenters. The second-order valence-corrected chi connectivity index (χ2v) is 13.8. The van der Waals surface area contributed by atoms with Crippen molar-refractivity contribution >= 4 is 0 Å². The fourth-order valence-corrected chi connectivity index (χ4v) is 10.8. The molecule has 1 spiro atoms. The van der Waals surface area contributed by atoms with E-state index in [0.29, 0.717) is 29.0 Å². The van der Waals surface area contributed by atoms with Crippen LogP contribution in [0.4, 0.5) is 0 Å². The standard InChI is InChI=1S/C30H49NO2/c1-6-15-32-22-10-12-28(4)21(16-22)7-8-23-24(28)11-13-29(5)25(23)17-26-27(29)20(3)30(33-26)14-9-19(2)18-31-30/h6,19-27,31H,1,7-18H2,2-5H3/t19-,20-,21-,22-,23+,24-,25-,26-,27-,28-,29-,30-/m0/s1. The first-order valence-corrected chi connectivity index (χ1v) is 14.5. The van der Waals surface area contributed by atoms with Crippen LogP contribution in [-0.4, -0.2) is 31.1 Å². The Bertz CT molecular complexity index is 758. The molecule has 2 aliphatic heterocycles. The Morgan fingerprint density at radius 2 is 1.79 bits per heavy atom. The zero-order chi connectivity index (χ0) is 23.0. The van der Waals surface area contributed by atoms with E-state index in [1.54, 1.807) is 0 Å². The molecule has 0 aromatic carbocycles. The minimum absolute atomic E-state index is 0.0276. The van der Waals surface area contributed by atoms with Crippen molar-refractivity contribution in [1.29, 1.82) is 0 Å². The zero-order valence-corrected chi connectivity index (χ0v) is 21.8. The lowest BCUT2D eigenvalue weighted by Gasteiger charge is -2.61. The molecule has 12 atom stereocenters. The summed E-state index contributed by atoms with van der Waals surface area (Å²) in [4.78, 5) is 0. The maximum Gasteiger partial charge on any atom is 0.122 e. The van der Waals surface area contributed by atoms with E-state index in [2.05, 4.69) is 39.6 Å². The van der Waals surface area contributed by atoms with E-state index in [0.717, 1.165) is 48.7 Å². The number of hydrogen-bond acceptors (Lipinski definition) is 3. The predicted octanol–water partition coefficient (Wildman–Crippen LogP) is 6.58. The lowest BCUT2D eigenvalue weighted by atomic mass is 9.44. The van der Waals surface area contributed by atoms with Crippen LogP contribution in [0.2, 0.25) is 0 Å². The van der Waals surface area contributed by atoms with Crippen molar-refractivity contribution in [2.45, 2.75) is 110 Å². The molecule has 2 heterocycles. The maximum absolute atomic E-state index is 7.06. The van der Waals surface area contributed by atoms with E-state index < -0.39 is 0 Å². The quantitative estimate of drug-likeness (QED) is 0.488. The van der Waals surface area contributed by atoms with Gasteiger partial charge >= 0.3 is 0 Å². The summed E-state index contributed by atoms with van der Waals surface area (Å²) < 4.78 is 13.2. The summed E-state index contributed by atoms with van der Waals surface area (Å²) in [5.74, 6) is 5.77. The Morgan fingerprint density at radius 3 is 2.55 bits per heavy atom. The molecule has 6 fully saturated rings. The number of piperidine rings is 1. The van der Waals surface area contributed by atoms with E-state index in [4.69, 9.17) is 9.47 Å². The summed E-state index contributed by atoms with van der Waals surface area (Å²) in [7, 11) is 0. The van der Waals surface area contributed by atoms with Crippen LogP contribution in [0.1, 0.15) is 91.9 Å². The van der Waals surface area contributed by atoms with E-state index in [9.17, 15) is 0 Å². The van der Waals surface area contributed by atoms with Crippen LogP contribution in [0.25, 0.3) is 0 Å². The van der Waals surface area contributed by atoms with Gasteiger partial charge in [-0.05, 0) is 111 Å². The van der Waals surface area contributed by atoms with Gasteiger partial charge in [0.05, 0.1) is 18.8 Å². The lowest BCUT2D eigenvalue weighted by molar-refractivity contribution is -0.144. The summed E-state index contributed by atoms with van der Waals surface area (Å²) >= 11 is 0. The lowest BCUT2D eigenvalue weighted by Crippen LogP contribution is -2.57. The van der Waals surface area contributed by atoms with Gasteiger partial charge in [0.1, 0.15) is 5.72 Å². The zero-order valence-electron chi connectivity index (χ0n) is 21.8. The van der Waals surface area contributed by atoms with E-state index in [-0.39, 0.29) is 5.72 Å². The third kappa shape index (κ3) is 3.30. The Labute approximate surface area is 202 Å². The van der Waals surface area contributed by atoms with Gasteiger partial charge in [-0.15, -0.1) is 6.58 Å². The molecule has 6 aliphatic rings. The van der Waals surface area contributed by atoms with E-state index in [1.807, 2.05) is 6.08 Å². The molecule has 2 saturated heterocycles. The molecule has 3 heteroatoms. The smallest absolute Gasteiger partial charge is 0.122 e. The number of hydrogen-bond donors (Lipinski definition) is 1. The third-order valence-electron chi connectivity index (χ3n) is 12.5. The first-order valence-electron chi connectivity index (χ1n) is 14.5. The van der Waals surface area contributed by atoms with Gasteiger partial charge in [0.25, 0.3) is 0 Å². The molecule has 1 N–H and O–H groups in total. The first-order chi connectivity index (χ1) is 15.8. The normalized spacial score (nSPS) is 57.8. The van der Waals surface area contributed by atoms with Crippen molar-refractivity contribution in [2.75, 3.05) is 13.2 Å². The van der Waals surface area contributed by atoms with Crippen molar-refractivity contribution < 1.29 is 9.47 Å². The van der Waals surface area contributed by atoms with Crippen molar-refractivity contribution in [2.24, 2.45) is 52.3 Å². The van der Waals surface area contributed by atoms with Crippen molar-refractivity contribution in [3.63, 3.8) is 0 Å². The second kappa shape index (κ2) is 8.07. The number of fused-ring (bicyclic) bond motifs is 7. The minimum atomic E-state index is -0.0276. The van der Waals surface area contributed by atoms with Crippen LogP contribution >= 0.6 is 0 Å². The Morgan fingerprint density at radius 1 is 0.970 bits per heavy atom. The first kappa shape index (κ1) is 23.0. The van der Waals surface area contributed by atoms with Gasteiger partial charge in [0, 0.05) is 12.5 Å². The Hall–Kier alpha value is -0.380. The van der Waals surface area contributed by atoms with Crippen molar-refractivity contribution in [3.8, 4) is 0 Å². The molecule has 33 heavy (non-hydrogen) atoms. The van der Waals surface area contributed by atoms with Crippen molar-refractivity contribution in [1.82, 2.24) is 5.32 Å². The minimum Gasteiger partial charge on any atom is -0.374 e. The molecule has 0 bridgehead atoms. The Kier molecular flexibility index (Phi) is 5.63. The molecule has 3 nitrogen and oxygen atoms in total. The van der Waals surface area contributed by atoms with Crippen LogP contribution in [0.3, 0.4) is 0 Å². The summed E-state index contributed by atoms with van der Waals surface area (Å²) in [6.07, 6.45) is 16.4. The molecular weight excluding hydrogens is 406 g/mol. The molecule has 0 aromatic rings. The number of rotatable bonds is 3. The highest BCUT2D eigenvalue weighted by atomic mass is 16.5. The SMILES string of the molecule is C=CCO[C@H]1CC[C@@]2(C)[C@@H](CC[C@@H]3[C@@H]2CC[C@]2(C)[C@@H]4[C@H](C[C@@H]32)O[C@@]2(CC[C@H](C)CN2)[C@H]4C)C1. The molecule has 4 saturated carbocycles. The largest absolute Gasteiger partial charge is 0.374 e. The fourth-order valence-electron chi connectivity index (χ4n) is 10.8. The van der Waals surface area contributed by atoms with Crippen LogP contribution in [0.15, 0.2) is 12.7 Å². The van der Waals surface area contributed by atoms with Crippen LogP contribution in [0, 0.1) is 52.3 Å². The molecule has 6 rings (SSSR count). The van der Waals surface area contributed by atoms with Crippen LogP contribution in [-0.2, 0) is 9.47 Å². The van der Waals surface area contributed by atoms with Crippen LogP contribution in [0.5, 0.6) is 0 Å². The third-order valence-corrected chi connectivity index (χ3v) is 12.5. The number of ether oxygens (including phenoxy) is 2. The van der Waals surface area contributed by atoms with E-state index >= 15 is 0 Å². The topological polar surface area (TPSA) is 30.5 Å².